The predicted molar refractivity (Wildman–Crippen MR) is 119 cm³/mol. The Morgan fingerprint density at radius 1 is 1.21 bits per heavy atom. The van der Waals surface area contributed by atoms with Crippen molar-refractivity contribution >= 4 is 23.4 Å². The number of esters is 1. The third-order valence-corrected chi connectivity index (χ3v) is 5.93. The number of alkyl halides is 3. The van der Waals surface area contributed by atoms with E-state index in [9.17, 15) is 22.8 Å². The molecule has 7 nitrogen and oxygen atoms in total. The fourth-order valence-corrected chi connectivity index (χ4v) is 4.40. The second-order valence-electron chi connectivity index (χ2n) is 8.09. The molecule has 1 unspecified atom stereocenters. The normalized spacial score (nSPS) is 20.2. The Kier molecular flexibility index (Phi) is 6.49. The number of nitrogens with zero attached hydrogens (tertiary/aromatic N) is 2. The number of rotatable bonds is 5. The Hall–Kier alpha value is -3.56. The van der Waals surface area contributed by atoms with Crippen molar-refractivity contribution in [2.45, 2.75) is 31.5 Å². The van der Waals surface area contributed by atoms with E-state index in [-0.39, 0.29) is 24.2 Å². The number of anilines is 1. The number of ether oxygens (including phenoxy) is 2. The SMILES string of the molecule is COc1ccc(C2Cc3c(cccc3C(F)(F)F)N(CC3=NCCN3)C(=O)[C@@H]2OC(C)=O)cc1. The third kappa shape index (κ3) is 4.71. The number of carbonyl (C=O) groups excluding carboxylic acids is 2. The van der Waals surface area contributed by atoms with Crippen LogP contribution in [0.1, 0.15) is 29.5 Å². The molecule has 2 aromatic rings. The first kappa shape index (κ1) is 23.6. The van der Waals surface area contributed by atoms with Gasteiger partial charge in [0.1, 0.15) is 11.6 Å². The van der Waals surface area contributed by atoms with Gasteiger partial charge >= 0.3 is 12.1 Å². The highest BCUT2D eigenvalue weighted by Gasteiger charge is 2.44. The molecule has 0 bridgehead atoms. The number of hydrogen-bond acceptors (Lipinski definition) is 6. The van der Waals surface area contributed by atoms with E-state index in [1.54, 1.807) is 24.3 Å². The van der Waals surface area contributed by atoms with Crippen molar-refractivity contribution in [1.82, 2.24) is 5.32 Å². The Labute approximate surface area is 194 Å². The van der Waals surface area contributed by atoms with Gasteiger partial charge in [0, 0.05) is 25.1 Å². The number of fused-ring (bicyclic) bond motifs is 1. The van der Waals surface area contributed by atoms with Crippen molar-refractivity contribution in [3.63, 3.8) is 0 Å². The highest BCUT2D eigenvalue weighted by atomic mass is 19.4. The van der Waals surface area contributed by atoms with Crippen LogP contribution >= 0.6 is 0 Å². The summed E-state index contributed by atoms with van der Waals surface area (Å²) in [6, 6.07) is 10.4. The van der Waals surface area contributed by atoms with E-state index < -0.39 is 35.6 Å². The summed E-state index contributed by atoms with van der Waals surface area (Å²) >= 11 is 0. The minimum atomic E-state index is -4.63. The summed E-state index contributed by atoms with van der Waals surface area (Å²) < 4.78 is 52.7. The topological polar surface area (TPSA) is 80.2 Å². The van der Waals surface area contributed by atoms with E-state index >= 15 is 0 Å². The second-order valence-corrected chi connectivity index (χ2v) is 8.09. The second kappa shape index (κ2) is 9.36. The van der Waals surface area contributed by atoms with E-state index in [2.05, 4.69) is 10.3 Å². The monoisotopic (exact) mass is 475 g/mol. The lowest BCUT2D eigenvalue weighted by molar-refractivity contribution is -0.154. The average molecular weight is 475 g/mol. The van der Waals surface area contributed by atoms with Gasteiger partial charge in [0.25, 0.3) is 5.91 Å². The average Bonchev–Trinajstić information content (AvgIpc) is 3.28. The molecule has 2 heterocycles. The highest BCUT2D eigenvalue weighted by Crippen LogP contribution is 2.43. The summed E-state index contributed by atoms with van der Waals surface area (Å²) in [5, 5.41) is 3.04. The molecule has 0 radical (unpaired) electrons. The summed E-state index contributed by atoms with van der Waals surface area (Å²) in [7, 11) is 1.50. The van der Waals surface area contributed by atoms with Gasteiger partial charge in [-0.15, -0.1) is 0 Å². The summed E-state index contributed by atoms with van der Waals surface area (Å²) in [6.45, 7) is 2.20. The van der Waals surface area contributed by atoms with Crippen LogP contribution in [0.3, 0.4) is 0 Å². The van der Waals surface area contributed by atoms with Crippen molar-refractivity contribution in [3.8, 4) is 5.75 Å². The minimum Gasteiger partial charge on any atom is -0.497 e. The molecule has 34 heavy (non-hydrogen) atoms. The van der Waals surface area contributed by atoms with Gasteiger partial charge in [-0.25, -0.2) is 0 Å². The summed E-state index contributed by atoms with van der Waals surface area (Å²) in [5.41, 5.74) is -0.172. The van der Waals surface area contributed by atoms with E-state index in [0.29, 0.717) is 30.2 Å². The number of benzene rings is 2. The van der Waals surface area contributed by atoms with Crippen LogP contribution in [-0.2, 0) is 26.9 Å². The van der Waals surface area contributed by atoms with E-state index in [1.165, 1.54) is 31.1 Å². The Morgan fingerprint density at radius 3 is 2.53 bits per heavy atom. The van der Waals surface area contributed by atoms with Crippen LogP contribution in [0.25, 0.3) is 0 Å². The van der Waals surface area contributed by atoms with Crippen LogP contribution in [0, 0.1) is 0 Å². The first-order valence-corrected chi connectivity index (χ1v) is 10.8. The van der Waals surface area contributed by atoms with Gasteiger partial charge < -0.3 is 19.7 Å². The maximum atomic E-state index is 14.0. The summed E-state index contributed by atoms with van der Waals surface area (Å²) in [4.78, 5) is 31.3. The molecule has 2 atom stereocenters. The van der Waals surface area contributed by atoms with Crippen LogP contribution in [0.5, 0.6) is 5.75 Å². The van der Waals surface area contributed by atoms with Crippen molar-refractivity contribution < 1.29 is 32.2 Å². The number of aliphatic imine (C=N–C) groups is 1. The summed E-state index contributed by atoms with van der Waals surface area (Å²) in [5.74, 6) is -1.11. The van der Waals surface area contributed by atoms with Crippen LogP contribution in [0.4, 0.5) is 18.9 Å². The first-order chi connectivity index (χ1) is 16.2. The van der Waals surface area contributed by atoms with Gasteiger partial charge in [-0.3, -0.25) is 14.6 Å². The lowest BCUT2D eigenvalue weighted by Gasteiger charge is -2.28. The molecular formula is C24H24F3N3O4. The van der Waals surface area contributed by atoms with Gasteiger partial charge in [0.05, 0.1) is 25.8 Å². The fourth-order valence-electron chi connectivity index (χ4n) is 4.40. The molecule has 2 aliphatic heterocycles. The first-order valence-electron chi connectivity index (χ1n) is 10.8. The van der Waals surface area contributed by atoms with Crippen LogP contribution in [-0.4, -0.2) is 50.6 Å². The zero-order valence-corrected chi connectivity index (χ0v) is 18.7. The Bertz CT molecular complexity index is 1120. The van der Waals surface area contributed by atoms with E-state index in [1.807, 2.05) is 0 Å². The minimum absolute atomic E-state index is 0.0302. The zero-order valence-electron chi connectivity index (χ0n) is 18.7. The summed E-state index contributed by atoms with van der Waals surface area (Å²) in [6.07, 6.45) is -6.10. The molecule has 0 fully saturated rings. The van der Waals surface area contributed by atoms with Gasteiger partial charge in [0.2, 0.25) is 0 Å². The molecule has 2 aromatic carbocycles. The molecule has 1 amide bonds. The molecule has 0 aromatic heterocycles. The van der Waals surface area contributed by atoms with Crippen LogP contribution in [0.15, 0.2) is 47.5 Å². The van der Waals surface area contributed by atoms with Crippen molar-refractivity contribution in [3.05, 3.63) is 59.2 Å². The van der Waals surface area contributed by atoms with Gasteiger partial charge in [-0.05, 0) is 41.8 Å². The van der Waals surface area contributed by atoms with Gasteiger partial charge in [0.15, 0.2) is 6.10 Å². The molecule has 180 valence electrons. The number of amides is 1. The molecule has 0 spiro atoms. The number of hydrogen-bond donors (Lipinski definition) is 1. The van der Waals surface area contributed by atoms with E-state index in [0.717, 1.165) is 6.07 Å². The van der Waals surface area contributed by atoms with Crippen LogP contribution in [0.2, 0.25) is 0 Å². The lowest BCUT2D eigenvalue weighted by atomic mass is 9.86. The van der Waals surface area contributed by atoms with Crippen molar-refractivity contribution in [2.24, 2.45) is 4.99 Å². The highest BCUT2D eigenvalue weighted by molar-refractivity contribution is 6.04. The van der Waals surface area contributed by atoms with E-state index in [4.69, 9.17) is 9.47 Å². The maximum absolute atomic E-state index is 14.0. The lowest BCUT2D eigenvalue weighted by Crippen LogP contribution is -2.46. The number of halogens is 3. The third-order valence-electron chi connectivity index (χ3n) is 5.93. The largest absolute Gasteiger partial charge is 0.497 e. The number of nitrogens with one attached hydrogen (secondary N) is 1. The molecular weight excluding hydrogens is 451 g/mol. The molecule has 0 saturated carbocycles. The fraction of sp³-hybridized carbons (Fsp3) is 0.375. The molecule has 1 N–H and O–H groups in total. The standard InChI is InChI=1S/C24H24F3N3O4/c1-14(31)34-22-17(15-6-8-16(33-2)9-7-15)12-18-19(24(25,26)27)4-3-5-20(18)30(23(22)32)13-21-28-10-11-29-21/h3-9,17,22H,10-13H2,1-2H3,(H,28,29)/t17?,22-/m1/s1. The molecule has 4 rings (SSSR count). The van der Waals surface area contributed by atoms with Crippen molar-refractivity contribution in [2.75, 3.05) is 31.6 Å². The molecule has 0 aliphatic carbocycles. The number of carbonyl (C=O) groups is 2. The molecule has 2 aliphatic rings. The van der Waals surface area contributed by atoms with Crippen LogP contribution < -0.4 is 15.0 Å². The smallest absolute Gasteiger partial charge is 0.416 e. The number of amidine groups is 1. The maximum Gasteiger partial charge on any atom is 0.416 e. The van der Waals surface area contributed by atoms with Crippen molar-refractivity contribution in [1.29, 1.82) is 0 Å². The van der Waals surface area contributed by atoms with Gasteiger partial charge in [-0.1, -0.05) is 18.2 Å². The Morgan fingerprint density at radius 2 is 1.94 bits per heavy atom. The Balaban J connectivity index is 1.89. The predicted octanol–water partition coefficient (Wildman–Crippen LogP) is 3.32. The quantitative estimate of drug-likeness (QED) is 0.672. The zero-order chi connectivity index (χ0) is 24.5. The molecule has 10 heteroatoms. The molecule has 0 saturated heterocycles. The van der Waals surface area contributed by atoms with Gasteiger partial charge in [-0.2, -0.15) is 13.2 Å². The number of methoxy groups -OCH3 is 1.